The van der Waals surface area contributed by atoms with Crippen molar-refractivity contribution in [3.8, 4) is 5.75 Å². The largest absolute Gasteiger partial charge is 0.496 e. The molecule has 1 unspecified atom stereocenters. The minimum Gasteiger partial charge on any atom is -0.496 e. The molecule has 0 fully saturated rings. The summed E-state index contributed by atoms with van der Waals surface area (Å²) in [6.45, 7) is -1.20. The van der Waals surface area contributed by atoms with Gasteiger partial charge in [-0.25, -0.2) is 18.9 Å². The first-order chi connectivity index (χ1) is 14.4. The third kappa shape index (κ3) is 3.76. The lowest BCUT2D eigenvalue weighted by atomic mass is 9.88. The maximum atomic E-state index is 16.4. The number of hydrogen-bond acceptors (Lipinski definition) is 5. The van der Waals surface area contributed by atoms with Crippen LogP contribution in [0.25, 0.3) is 0 Å². The quantitative estimate of drug-likeness (QED) is 0.688. The molecule has 164 valence electrons. The van der Waals surface area contributed by atoms with Gasteiger partial charge in [0.15, 0.2) is 6.61 Å². The van der Waals surface area contributed by atoms with Crippen molar-refractivity contribution < 1.29 is 46.5 Å². The first-order valence-corrected chi connectivity index (χ1v) is 8.76. The summed E-state index contributed by atoms with van der Waals surface area (Å²) >= 11 is 5.90. The normalized spacial score (nSPS) is 18.0. The number of alkyl halides is 4. The Bertz CT molecular complexity index is 1090. The molecule has 7 nitrogen and oxygen atoms in total. The molecule has 2 aromatic carbocycles. The highest BCUT2D eigenvalue weighted by molar-refractivity contribution is 6.31. The fraction of sp³-hybridized carbons (Fsp3) is 0.211. The van der Waals surface area contributed by atoms with Crippen molar-refractivity contribution >= 4 is 35.3 Å². The van der Waals surface area contributed by atoms with Crippen LogP contribution in [0.4, 0.5) is 28.0 Å². The Balaban J connectivity index is 2.25. The molecule has 0 spiro atoms. The third-order valence-electron chi connectivity index (χ3n) is 4.47. The molecule has 0 saturated carbocycles. The lowest BCUT2D eigenvalue weighted by Gasteiger charge is -2.22. The van der Waals surface area contributed by atoms with E-state index in [2.05, 4.69) is 4.74 Å². The molecular formula is C19H12ClF4NO6. The van der Waals surface area contributed by atoms with Gasteiger partial charge in [0.05, 0.1) is 18.4 Å². The standard InChI is InChI=1S/C19H12ClF4NO6/c1-30-14-5-3-10(20)7-12(14)18(21)11-4-2-9(19(22,23)24)6-13(11)25(16(18)28)17(29)31-8-15(26)27/h2-7H,8H2,1H3,(H,26,27). The van der Waals surface area contributed by atoms with Gasteiger partial charge < -0.3 is 14.6 Å². The van der Waals surface area contributed by atoms with Gasteiger partial charge in [0.25, 0.3) is 5.91 Å². The summed E-state index contributed by atoms with van der Waals surface area (Å²) in [6, 6.07) is 5.25. The van der Waals surface area contributed by atoms with E-state index in [1.807, 2.05) is 0 Å². The number of halogens is 5. The molecule has 3 rings (SSSR count). The zero-order chi connectivity index (χ0) is 23.1. The van der Waals surface area contributed by atoms with E-state index in [0.717, 1.165) is 6.07 Å². The summed E-state index contributed by atoms with van der Waals surface area (Å²) in [5.74, 6) is -3.36. The Labute approximate surface area is 176 Å². The number of imide groups is 1. The summed E-state index contributed by atoms with van der Waals surface area (Å²) < 4.78 is 65.4. The number of ether oxygens (including phenoxy) is 2. The predicted octanol–water partition coefficient (Wildman–Crippen LogP) is 4.15. The number of carbonyl (C=O) groups excluding carboxylic acids is 2. The fourth-order valence-electron chi connectivity index (χ4n) is 3.14. The van der Waals surface area contributed by atoms with E-state index in [1.54, 1.807) is 0 Å². The Hall–Kier alpha value is -3.34. The summed E-state index contributed by atoms with van der Waals surface area (Å²) in [7, 11) is 1.17. The summed E-state index contributed by atoms with van der Waals surface area (Å²) in [5, 5.41) is 8.65. The van der Waals surface area contributed by atoms with Crippen LogP contribution in [0.15, 0.2) is 36.4 Å². The molecule has 2 amide bonds. The number of rotatable bonds is 4. The van der Waals surface area contributed by atoms with E-state index >= 15 is 4.39 Å². The van der Waals surface area contributed by atoms with E-state index in [4.69, 9.17) is 21.4 Å². The Morgan fingerprint density at radius 2 is 1.84 bits per heavy atom. The molecule has 31 heavy (non-hydrogen) atoms. The van der Waals surface area contributed by atoms with E-state index in [9.17, 15) is 27.6 Å². The van der Waals surface area contributed by atoms with Crippen LogP contribution in [0, 0.1) is 0 Å². The molecule has 1 atom stereocenters. The zero-order valence-corrected chi connectivity index (χ0v) is 16.3. The minimum absolute atomic E-state index is 0.0130. The number of carboxylic acids is 1. The second-order valence-corrected chi connectivity index (χ2v) is 6.76. The van der Waals surface area contributed by atoms with Crippen molar-refractivity contribution in [1.29, 1.82) is 0 Å². The number of amides is 2. The molecule has 0 saturated heterocycles. The Morgan fingerprint density at radius 1 is 1.16 bits per heavy atom. The highest BCUT2D eigenvalue weighted by Crippen LogP contribution is 2.51. The van der Waals surface area contributed by atoms with E-state index in [1.165, 1.54) is 19.2 Å². The number of fused-ring (bicyclic) bond motifs is 1. The van der Waals surface area contributed by atoms with Crippen LogP contribution < -0.4 is 9.64 Å². The molecule has 12 heteroatoms. The molecule has 1 aliphatic rings. The zero-order valence-electron chi connectivity index (χ0n) is 15.5. The van der Waals surface area contributed by atoms with Crippen LogP contribution in [0.5, 0.6) is 5.75 Å². The van der Waals surface area contributed by atoms with Crippen LogP contribution in [0.3, 0.4) is 0 Å². The van der Waals surface area contributed by atoms with Gasteiger partial charge in [-0.2, -0.15) is 13.2 Å². The van der Waals surface area contributed by atoms with Crippen molar-refractivity contribution in [2.24, 2.45) is 0 Å². The van der Waals surface area contributed by atoms with Crippen molar-refractivity contribution in [2.75, 3.05) is 18.6 Å². The predicted molar refractivity (Wildman–Crippen MR) is 97.8 cm³/mol. The molecule has 1 heterocycles. The van der Waals surface area contributed by atoms with Crippen LogP contribution in [-0.2, 0) is 26.2 Å². The molecule has 0 aromatic heterocycles. The maximum absolute atomic E-state index is 16.4. The summed E-state index contributed by atoms with van der Waals surface area (Å²) in [6.07, 6.45) is -6.53. The van der Waals surface area contributed by atoms with Crippen LogP contribution >= 0.6 is 11.6 Å². The SMILES string of the molecule is COc1ccc(Cl)cc1C1(F)C(=O)N(C(=O)OCC(=O)O)c2cc(C(F)(F)F)ccc21. The monoisotopic (exact) mass is 461 g/mol. The van der Waals surface area contributed by atoms with Gasteiger partial charge in [0.2, 0.25) is 5.67 Å². The summed E-state index contributed by atoms with van der Waals surface area (Å²) in [4.78, 5) is 36.1. The molecule has 0 aliphatic carbocycles. The molecule has 1 aliphatic heterocycles. The second-order valence-electron chi connectivity index (χ2n) is 6.32. The number of carboxylic acid groups (broad SMARTS) is 1. The number of nitrogens with zero attached hydrogens (tertiary/aromatic N) is 1. The lowest BCUT2D eigenvalue weighted by Crippen LogP contribution is -2.42. The van der Waals surface area contributed by atoms with Crippen molar-refractivity contribution in [2.45, 2.75) is 11.8 Å². The minimum atomic E-state index is -4.87. The number of carbonyl (C=O) groups is 3. The van der Waals surface area contributed by atoms with Gasteiger partial charge in [-0.15, -0.1) is 0 Å². The molecule has 0 bridgehead atoms. The molecule has 0 radical (unpaired) electrons. The van der Waals surface area contributed by atoms with E-state index in [0.29, 0.717) is 18.2 Å². The van der Waals surface area contributed by atoms with Crippen LogP contribution in [0.2, 0.25) is 5.02 Å². The topological polar surface area (TPSA) is 93.1 Å². The highest BCUT2D eigenvalue weighted by atomic mass is 35.5. The fourth-order valence-corrected chi connectivity index (χ4v) is 3.31. The van der Waals surface area contributed by atoms with E-state index < -0.39 is 58.8 Å². The molecule has 2 aromatic rings. The highest BCUT2D eigenvalue weighted by Gasteiger charge is 2.57. The second kappa shape index (κ2) is 7.73. The Morgan fingerprint density at radius 3 is 2.42 bits per heavy atom. The number of methoxy groups -OCH3 is 1. The van der Waals surface area contributed by atoms with Gasteiger partial charge in [0.1, 0.15) is 5.75 Å². The van der Waals surface area contributed by atoms with Crippen molar-refractivity contribution in [3.63, 3.8) is 0 Å². The van der Waals surface area contributed by atoms with Crippen LogP contribution in [-0.4, -0.2) is 36.8 Å². The van der Waals surface area contributed by atoms with E-state index in [-0.39, 0.29) is 15.7 Å². The van der Waals surface area contributed by atoms with Crippen molar-refractivity contribution in [1.82, 2.24) is 0 Å². The third-order valence-corrected chi connectivity index (χ3v) is 4.70. The Kier molecular flexibility index (Phi) is 5.57. The number of benzene rings is 2. The smallest absolute Gasteiger partial charge is 0.421 e. The van der Waals surface area contributed by atoms with Gasteiger partial charge >= 0.3 is 18.2 Å². The number of anilines is 1. The first-order valence-electron chi connectivity index (χ1n) is 8.39. The van der Waals surface area contributed by atoms with Crippen molar-refractivity contribution in [3.05, 3.63) is 58.1 Å². The van der Waals surface area contributed by atoms with Gasteiger partial charge in [0, 0.05) is 16.1 Å². The van der Waals surface area contributed by atoms with Gasteiger partial charge in [-0.1, -0.05) is 17.7 Å². The number of hydrogen-bond donors (Lipinski definition) is 1. The maximum Gasteiger partial charge on any atom is 0.421 e. The molecule has 1 N–H and O–H groups in total. The number of aliphatic carboxylic acids is 1. The summed E-state index contributed by atoms with van der Waals surface area (Å²) in [5.41, 5.74) is -6.24. The first kappa shape index (κ1) is 22.3. The van der Waals surface area contributed by atoms with Gasteiger partial charge in [-0.3, -0.25) is 4.79 Å². The lowest BCUT2D eigenvalue weighted by molar-refractivity contribution is -0.140. The average molecular weight is 462 g/mol. The van der Waals surface area contributed by atoms with Gasteiger partial charge in [-0.05, 0) is 30.3 Å². The van der Waals surface area contributed by atoms with Crippen LogP contribution in [0.1, 0.15) is 16.7 Å². The molecular weight excluding hydrogens is 450 g/mol. The average Bonchev–Trinajstić information content (AvgIpc) is 2.93.